The number of ether oxygens (including phenoxy) is 1. The summed E-state index contributed by atoms with van der Waals surface area (Å²) < 4.78 is 33.7. The number of nitrogens with zero attached hydrogens (tertiary/aromatic N) is 3. The molecule has 1 saturated heterocycles. The van der Waals surface area contributed by atoms with Crippen LogP contribution in [0.15, 0.2) is 114 Å². The molecule has 0 unspecified atom stereocenters. The molecular formula is C33H33N3O4S. The maximum Gasteiger partial charge on any atom is 0.264 e. The molecule has 1 fully saturated rings. The van der Waals surface area contributed by atoms with Crippen molar-refractivity contribution in [1.29, 1.82) is 0 Å². The fraction of sp³-hybridized carbons (Fsp3) is 0.242. The molecule has 2 aliphatic rings. The van der Waals surface area contributed by atoms with Crippen molar-refractivity contribution in [3.63, 3.8) is 0 Å². The first kappa shape index (κ1) is 27.1. The molecule has 0 bridgehead atoms. The molecule has 0 atom stereocenters. The van der Waals surface area contributed by atoms with Crippen LogP contribution in [0.2, 0.25) is 0 Å². The molecule has 7 nitrogen and oxygen atoms in total. The Balaban J connectivity index is 1.05. The van der Waals surface area contributed by atoms with Crippen molar-refractivity contribution in [2.45, 2.75) is 17.4 Å². The topological polar surface area (TPSA) is 70.2 Å². The molecule has 41 heavy (non-hydrogen) atoms. The van der Waals surface area contributed by atoms with Crippen molar-refractivity contribution in [2.75, 3.05) is 43.6 Å². The molecule has 4 aromatic rings. The molecular weight excluding hydrogens is 534 g/mol. The normalized spacial score (nSPS) is 15.6. The van der Waals surface area contributed by atoms with Gasteiger partial charge < -0.3 is 9.64 Å². The molecule has 6 rings (SSSR count). The van der Waals surface area contributed by atoms with Crippen molar-refractivity contribution < 1.29 is 17.9 Å². The predicted octanol–water partition coefficient (Wildman–Crippen LogP) is 4.75. The van der Waals surface area contributed by atoms with Crippen molar-refractivity contribution in [3.8, 4) is 5.75 Å². The van der Waals surface area contributed by atoms with Gasteiger partial charge in [0, 0.05) is 32.7 Å². The molecule has 2 heterocycles. The third kappa shape index (κ3) is 5.71. The van der Waals surface area contributed by atoms with Crippen molar-refractivity contribution >= 4 is 21.6 Å². The van der Waals surface area contributed by atoms with Gasteiger partial charge in [-0.1, -0.05) is 78.9 Å². The molecule has 0 radical (unpaired) electrons. The molecule has 0 saturated carbocycles. The Morgan fingerprint density at radius 3 is 1.93 bits per heavy atom. The molecule has 0 spiro atoms. The number of hydrogen-bond acceptors (Lipinski definition) is 5. The highest BCUT2D eigenvalue weighted by Gasteiger charge is 2.31. The van der Waals surface area contributed by atoms with Crippen LogP contribution in [-0.2, 0) is 21.2 Å². The lowest BCUT2D eigenvalue weighted by atomic mass is 9.96. The van der Waals surface area contributed by atoms with Crippen LogP contribution in [0.4, 0.5) is 5.69 Å². The number of benzene rings is 4. The first-order valence-corrected chi connectivity index (χ1v) is 15.4. The van der Waals surface area contributed by atoms with Crippen molar-refractivity contribution in [3.05, 3.63) is 126 Å². The van der Waals surface area contributed by atoms with Crippen LogP contribution < -0.4 is 9.04 Å². The number of anilines is 1. The highest BCUT2D eigenvalue weighted by Crippen LogP contribution is 2.33. The van der Waals surface area contributed by atoms with Gasteiger partial charge in [0.05, 0.1) is 16.6 Å². The first-order valence-electron chi connectivity index (χ1n) is 14.0. The average Bonchev–Trinajstić information content (AvgIpc) is 3.47. The van der Waals surface area contributed by atoms with E-state index in [0.717, 1.165) is 24.3 Å². The predicted molar refractivity (Wildman–Crippen MR) is 159 cm³/mol. The number of hydrogen-bond donors (Lipinski definition) is 0. The second-order valence-electron chi connectivity index (χ2n) is 10.4. The van der Waals surface area contributed by atoms with Gasteiger partial charge in [-0.2, -0.15) is 0 Å². The number of piperazine rings is 1. The highest BCUT2D eigenvalue weighted by molar-refractivity contribution is 7.92. The number of carbonyl (C=O) groups excluding carboxylic acids is 1. The van der Waals surface area contributed by atoms with E-state index in [1.807, 2.05) is 41.3 Å². The summed E-state index contributed by atoms with van der Waals surface area (Å²) in [6, 6.07) is 35.0. The lowest BCUT2D eigenvalue weighted by molar-refractivity contribution is -0.135. The minimum Gasteiger partial charge on any atom is -0.484 e. The number of carbonyl (C=O) groups is 1. The highest BCUT2D eigenvalue weighted by atomic mass is 32.2. The Morgan fingerprint density at radius 2 is 1.29 bits per heavy atom. The Labute approximate surface area is 241 Å². The SMILES string of the molecule is O=C(COc1ccc(S(=O)(=O)N2CCc3ccccc32)cc1)N1CCN(C(c2ccccc2)c2ccccc2)CC1. The maximum atomic E-state index is 13.3. The van der Waals surface area contributed by atoms with Crippen LogP contribution in [0.3, 0.4) is 0 Å². The van der Waals surface area contributed by atoms with Crippen LogP contribution in [-0.4, -0.2) is 63.5 Å². The summed E-state index contributed by atoms with van der Waals surface area (Å²) in [5, 5.41) is 0. The maximum absolute atomic E-state index is 13.3. The summed E-state index contributed by atoms with van der Waals surface area (Å²) in [6.07, 6.45) is 0.701. The quantitative estimate of drug-likeness (QED) is 0.307. The Bertz CT molecular complexity index is 1550. The first-order chi connectivity index (χ1) is 20.0. The molecule has 1 amide bonds. The summed E-state index contributed by atoms with van der Waals surface area (Å²) in [5.74, 6) is 0.386. The van der Waals surface area contributed by atoms with Crippen molar-refractivity contribution in [1.82, 2.24) is 9.80 Å². The van der Waals surface area contributed by atoms with Crippen LogP contribution in [0.25, 0.3) is 0 Å². The third-order valence-electron chi connectivity index (χ3n) is 7.88. The minimum absolute atomic E-state index is 0.0778. The molecule has 4 aromatic carbocycles. The Kier molecular flexibility index (Phi) is 7.76. The van der Waals surface area contributed by atoms with E-state index < -0.39 is 10.0 Å². The fourth-order valence-electron chi connectivity index (χ4n) is 5.74. The van der Waals surface area contributed by atoms with Gasteiger partial charge in [0.2, 0.25) is 0 Å². The van der Waals surface area contributed by atoms with Crippen LogP contribution in [0.1, 0.15) is 22.7 Å². The molecule has 8 heteroatoms. The lowest BCUT2D eigenvalue weighted by Crippen LogP contribution is -2.51. The van der Waals surface area contributed by atoms with Gasteiger partial charge in [0.1, 0.15) is 5.75 Å². The minimum atomic E-state index is -3.67. The van der Waals surface area contributed by atoms with Crippen LogP contribution in [0, 0.1) is 0 Å². The number of rotatable bonds is 8. The second-order valence-corrected chi connectivity index (χ2v) is 12.2. The van der Waals surface area contributed by atoms with E-state index in [2.05, 4.69) is 53.4 Å². The zero-order valence-electron chi connectivity index (χ0n) is 22.8. The van der Waals surface area contributed by atoms with E-state index in [-0.39, 0.29) is 23.5 Å². The zero-order valence-corrected chi connectivity index (χ0v) is 23.6. The van der Waals surface area contributed by atoms with Gasteiger partial charge >= 0.3 is 0 Å². The van der Waals surface area contributed by atoms with Crippen LogP contribution in [0.5, 0.6) is 5.75 Å². The largest absolute Gasteiger partial charge is 0.484 e. The fourth-order valence-corrected chi connectivity index (χ4v) is 7.25. The number of sulfonamides is 1. The van der Waals surface area contributed by atoms with Gasteiger partial charge in [-0.3, -0.25) is 14.0 Å². The van der Waals surface area contributed by atoms with E-state index in [1.54, 1.807) is 24.3 Å². The van der Waals surface area contributed by atoms with E-state index in [1.165, 1.54) is 15.4 Å². The smallest absolute Gasteiger partial charge is 0.264 e. The summed E-state index contributed by atoms with van der Waals surface area (Å²) in [7, 11) is -3.67. The summed E-state index contributed by atoms with van der Waals surface area (Å²) in [6.45, 7) is 3.09. The molecule has 2 aliphatic heterocycles. The number of para-hydroxylation sites is 1. The van der Waals surface area contributed by atoms with Crippen molar-refractivity contribution in [2.24, 2.45) is 0 Å². The lowest BCUT2D eigenvalue weighted by Gasteiger charge is -2.39. The summed E-state index contributed by atoms with van der Waals surface area (Å²) in [4.78, 5) is 17.5. The van der Waals surface area contributed by atoms with Gasteiger partial charge in [0.15, 0.2) is 6.61 Å². The average molecular weight is 568 g/mol. The monoisotopic (exact) mass is 567 g/mol. The Morgan fingerprint density at radius 1 is 0.707 bits per heavy atom. The van der Waals surface area contributed by atoms with Gasteiger partial charge in [-0.25, -0.2) is 8.42 Å². The molecule has 0 N–H and O–H groups in total. The number of amides is 1. The van der Waals surface area contributed by atoms with Gasteiger partial charge in [-0.05, 0) is 53.4 Å². The van der Waals surface area contributed by atoms with E-state index in [0.29, 0.717) is 31.8 Å². The standard InChI is InChI=1S/C33H33N3O4S/c37-32(34-21-23-35(24-22-34)33(27-10-3-1-4-11-27)28-12-5-2-6-13-28)25-40-29-15-17-30(18-16-29)41(38,39)36-20-19-26-9-7-8-14-31(26)36/h1-18,33H,19-25H2. The summed E-state index contributed by atoms with van der Waals surface area (Å²) in [5.41, 5.74) is 4.24. The van der Waals surface area contributed by atoms with Gasteiger partial charge in [0.25, 0.3) is 15.9 Å². The molecule has 0 aromatic heterocycles. The van der Waals surface area contributed by atoms with E-state index in [4.69, 9.17) is 4.74 Å². The van der Waals surface area contributed by atoms with E-state index >= 15 is 0 Å². The summed E-state index contributed by atoms with van der Waals surface area (Å²) >= 11 is 0. The van der Waals surface area contributed by atoms with Gasteiger partial charge in [-0.15, -0.1) is 0 Å². The van der Waals surface area contributed by atoms with Crippen LogP contribution >= 0.6 is 0 Å². The Hall–Kier alpha value is -4.14. The number of fused-ring (bicyclic) bond motifs is 1. The zero-order chi connectivity index (χ0) is 28.2. The third-order valence-corrected chi connectivity index (χ3v) is 9.71. The second kappa shape index (κ2) is 11.8. The molecule has 0 aliphatic carbocycles. The van der Waals surface area contributed by atoms with E-state index in [9.17, 15) is 13.2 Å². The molecule has 210 valence electrons.